The van der Waals surface area contributed by atoms with Crippen LogP contribution in [0.15, 0.2) is 6.33 Å². The predicted molar refractivity (Wildman–Crippen MR) is 88.0 cm³/mol. The van der Waals surface area contributed by atoms with Crippen LogP contribution in [-0.2, 0) is 17.7 Å². The molecule has 2 aliphatic rings. The molecule has 0 unspecified atom stereocenters. The lowest BCUT2D eigenvalue weighted by Gasteiger charge is -2.34. The molecule has 1 fully saturated rings. The van der Waals surface area contributed by atoms with Crippen molar-refractivity contribution >= 4 is 5.82 Å². The van der Waals surface area contributed by atoms with Crippen LogP contribution in [-0.4, -0.2) is 54.3 Å². The SMILES string of the molecule is N#CCC[C@@H](C#N)CN1CCc2ncnc(N3CCOCC3)c2C1. The average molecular weight is 326 g/mol. The molecule has 0 bridgehead atoms. The fourth-order valence-electron chi connectivity index (χ4n) is 3.33. The third kappa shape index (κ3) is 3.81. The van der Waals surface area contributed by atoms with Gasteiger partial charge in [-0.2, -0.15) is 10.5 Å². The van der Waals surface area contributed by atoms with Gasteiger partial charge < -0.3 is 9.64 Å². The first-order valence-corrected chi connectivity index (χ1v) is 8.46. The predicted octanol–water partition coefficient (Wildman–Crippen LogP) is 1.11. The van der Waals surface area contributed by atoms with Gasteiger partial charge in [-0.25, -0.2) is 9.97 Å². The van der Waals surface area contributed by atoms with Crippen LogP contribution in [0.1, 0.15) is 24.1 Å². The summed E-state index contributed by atoms with van der Waals surface area (Å²) in [4.78, 5) is 13.5. The summed E-state index contributed by atoms with van der Waals surface area (Å²) in [5, 5.41) is 18.0. The van der Waals surface area contributed by atoms with E-state index in [0.717, 1.165) is 57.3 Å². The molecule has 1 aromatic heterocycles. The van der Waals surface area contributed by atoms with Gasteiger partial charge in [-0.3, -0.25) is 4.90 Å². The van der Waals surface area contributed by atoms with Gasteiger partial charge in [0.15, 0.2) is 0 Å². The fraction of sp³-hybridized carbons (Fsp3) is 0.647. The Balaban J connectivity index is 1.72. The van der Waals surface area contributed by atoms with Gasteiger partial charge in [-0.1, -0.05) is 0 Å². The third-order valence-electron chi connectivity index (χ3n) is 4.63. The minimum absolute atomic E-state index is 0.0948. The summed E-state index contributed by atoms with van der Waals surface area (Å²) in [6.07, 6.45) is 3.61. The van der Waals surface area contributed by atoms with Crippen molar-refractivity contribution in [3.63, 3.8) is 0 Å². The molecule has 0 amide bonds. The highest BCUT2D eigenvalue weighted by atomic mass is 16.5. The number of nitrogens with zero attached hydrogens (tertiary/aromatic N) is 6. The van der Waals surface area contributed by atoms with Crippen LogP contribution in [0.25, 0.3) is 0 Å². The van der Waals surface area contributed by atoms with Crippen molar-refractivity contribution in [3.05, 3.63) is 17.6 Å². The first-order valence-electron chi connectivity index (χ1n) is 8.46. The summed E-state index contributed by atoms with van der Waals surface area (Å²) in [5.41, 5.74) is 2.30. The summed E-state index contributed by atoms with van der Waals surface area (Å²) >= 11 is 0. The summed E-state index contributed by atoms with van der Waals surface area (Å²) in [7, 11) is 0. The molecule has 3 heterocycles. The number of aromatic nitrogens is 2. The molecule has 7 heteroatoms. The van der Waals surface area contributed by atoms with Crippen molar-refractivity contribution < 1.29 is 4.74 Å². The van der Waals surface area contributed by atoms with Gasteiger partial charge in [0, 0.05) is 51.1 Å². The molecule has 0 aliphatic carbocycles. The molecular weight excluding hydrogens is 304 g/mol. The molecule has 0 saturated carbocycles. The minimum atomic E-state index is -0.0948. The number of fused-ring (bicyclic) bond motifs is 1. The Kier molecular flexibility index (Phi) is 5.58. The monoisotopic (exact) mass is 326 g/mol. The smallest absolute Gasteiger partial charge is 0.136 e. The fourth-order valence-corrected chi connectivity index (χ4v) is 3.33. The van der Waals surface area contributed by atoms with E-state index in [1.807, 2.05) is 0 Å². The van der Waals surface area contributed by atoms with Crippen molar-refractivity contribution in [1.82, 2.24) is 14.9 Å². The zero-order valence-corrected chi connectivity index (χ0v) is 13.8. The van der Waals surface area contributed by atoms with E-state index in [9.17, 15) is 5.26 Å². The van der Waals surface area contributed by atoms with Gasteiger partial charge in [0.1, 0.15) is 12.1 Å². The zero-order chi connectivity index (χ0) is 16.8. The van der Waals surface area contributed by atoms with Gasteiger partial charge in [0.2, 0.25) is 0 Å². The Morgan fingerprint density at radius 1 is 1.21 bits per heavy atom. The van der Waals surface area contributed by atoms with Crippen LogP contribution in [0.2, 0.25) is 0 Å². The lowest BCUT2D eigenvalue weighted by Crippen LogP contribution is -2.40. The van der Waals surface area contributed by atoms with Crippen molar-refractivity contribution in [2.24, 2.45) is 5.92 Å². The minimum Gasteiger partial charge on any atom is -0.378 e. The molecule has 1 atom stereocenters. The topological polar surface area (TPSA) is 89.1 Å². The Morgan fingerprint density at radius 2 is 2.04 bits per heavy atom. The average Bonchev–Trinajstić information content (AvgIpc) is 2.65. The summed E-state index contributed by atoms with van der Waals surface area (Å²) in [6.45, 7) is 5.54. The number of ether oxygens (including phenoxy) is 1. The Hall–Kier alpha value is -2.22. The lowest BCUT2D eigenvalue weighted by atomic mass is 10.0. The van der Waals surface area contributed by atoms with Crippen molar-refractivity contribution in [3.8, 4) is 12.1 Å². The molecule has 126 valence electrons. The third-order valence-corrected chi connectivity index (χ3v) is 4.63. The second kappa shape index (κ2) is 8.05. The largest absolute Gasteiger partial charge is 0.378 e. The Morgan fingerprint density at radius 3 is 2.79 bits per heavy atom. The molecule has 7 nitrogen and oxygen atoms in total. The van der Waals surface area contributed by atoms with Crippen molar-refractivity contribution in [2.75, 3.05) is 44.3 Å². The van der Waals surface area contributed by atoms with Gasteiger partial charge in [0.05, 0.1) is 37.0 Å². The summed E-state index contributed by atoms with van der Waals surface area (Å²) < 4.78 is 5.43. The number of rotatable bonds is 5. The van der Waals surface area contributed by atoms with Gasteiger partial charge >= 0.3 is 0 Å². The molecule has 0 radical (unpaired) electrons. The van der Waals surface area contributed by atoms with Gasteiger partial charge in [-0.05, 0) is 6.42 Å². The molecule has 0 N–H and O–H groups in total. The molecule has 2 aliphatic heterocycles. The van der Waals surface area contributed by atoms with E-state index < -0.39 is 0 Å². The maximum atomic E-state index is 9.30. The molecule has 3 rings (SSSR count). The highest BCUT2D eigenvalue weighted by Crippen LogP contribution is 2.27. The number of nitriles is 2. The first-order chi connectivity index (χ1) is 11.8. The molecule has 24 heavy (non-hydrogen) atoms. The maximum absolute atomic E-state index is 9.30. The molecule has 1 aromatic rings. The second-order valence-electron chi connectivity index (χ2n) is 6.23. The van der Waals surface area contributed by atoms with E-state index in [1.54, 1.807) is 6.33 Å². The zero-order valence-electron chi connectivity index (χ0n) is 13.8. The van der Waals surface area contributed by atoms with Crippen LogP contribution in [0.4, 0.5) is 5.82 Å². The van der Waals surface area contributed by atoms with Crippen LogP contribution < -0.4 is 4.90 Å². The molecule has 1 saturated heterocycles. The number of anilines is 1. The van der Waals surface area contributed by atoms with E-state index in [4.69, 9.17) is 10.00 Å². The number of hydrogen-bond donors (Lipinski definition) is 0. The van der Waals surface area contributed by atoms with Crippen LogP contribution in [0, 0.1) is 28.6 Å². The molecule has 0 spiro atoms. The summed E-state index contributed by atoms with van der Waals surface area (Å²) in [6, 6.07) is 4.46. The van der Waals surface area contributed by atoms with E-state index in [2.05, 4.69) is 31.9 Å². The highest BCUT2D eigenvalue weighted by Gasteiger charge is 2.26. The lowest BCUT2D eigenvalue weighted by molar-refractivity contribution is 0.122. The second-order valence-corrected chi connectivity index (χ2v) is 6.23. The van der Waals surface area contributed by atoms with Crippen molar-refractivity contribution in [1.29, 1.82) is 10.5 Å². The van der Waals surface area contributed by atoms with Crippen LogP contribution in [0.5, 0.6) is 0 Å². The van der Waals surface area contributed by atoms with Crippen molar-refractivity contribution in [2.45, 2.75) is 25.8 Å². The van der Waals surface area contributed by atoms with Gasteiger partial charge in [0.25, 0.3) is 0 Å². The van der Waals surface area contributed by atoms with E-state index in [-0.39, 0.29) is 5.92 Å². The normalized spacial score (nSPS) is 19.2. The Bertz CT molecular complexity index is 643. The van der Waals surface area contributed by atoms with E-state index >= 15 is 0 Å². The Labute approximate surface area is 142 Å². The van der Waals surface area contributed by atoms with Crippen LogP contribution in [0.3, 0.4) is 0 Å². The molecular formula is C17H22N6O. The molecule has 0 aromatic carbocycles. The number of morpholine rings is 1. The quantitative estimate of drug-likeness (QED) is 0.801. The summed E-state index contributed by atoms with van der Waals surface area (Å²) in [5.74, 6) is 0.918. The standard InChI is InChI=1S/C17H22N6O/c18-4-1-2-14(10-19)11-22-5-3-16-15(12-22)17(21-13-20-16)23-6-8-24-9-7-23/h13-14H,1-3,5-9,11-12H2/t14-/m0/s1. The van der Waals surface area contributed by atoms with E-state index in [1.165, 1.54) is 5.56 Å². The van der Waals surface area contributed by atoms with Gasteiger partial charge in [-0.15, -0.1) is 0 Å². The first kappa shape index (κ1) is 16.6. The van der Waals surface area contributed by atoms with E-state index in [0.29, 0.717) is 19.4 Å². The highest BCUT2D eigenvalue weighted by molar-refractivity contribution is 5.49. The number of hydrogen-bond acceptors (Lipinski definition) is 7. The van der Waals surface area contributed by atoms with Crippen LogP contribution >= 0.6 is 0 Å². The maximum Gasteiger partial charge on any atom is 0.136 e.